The molecule has 5 rings (SSSR count). The van der Waals surface area contributed by atoms with E-state index in [1.807, 2.05) is 42.5 Å². The normalized spacial score (nSPS) is 11.9. The SMILES string of the molecule is CS(=O)(=O)CCNCc1ccc(-c2ccc3c(Nc4ccc(S(=O)(=O)c5ccccc5)cc4)ncnc3c2)cc1. The van der Waals surface area contributed by atoms with Gasteiger partial charge in [0.2, 0.25) is 9.84 Å². The van der Waals surface area contributed by atoms with Gasteiger partial charge in [0.15, 0.2) is 0 Å². The molecule has 0 saturated carbocycles. The quantitative estimate of drug-likeness (QED) is 0.224. The fraction of sp³-hybridized carbons (Fsp3) is 0.133. The van der Waals surface area contributed by atoms with Crippen molar-refractivity contribution in [3.8, 4) is 11.1 Å². The molecule has 40 heavy (non-hydrogen) atoms. The first-order valence-corrected chi connectivity index (χ1v) is 16.1. The number of hydrogen-bond acceptors (Lipinski definition) is 8. The maximum atomic E-state index is 12.9. The molecule has 0 fully saturated rings. The number of rotatable bonds is 10. The Labute approximate surface area is 234 Å². The maximum Gasteiger partial charge on any atom is 0.206 e. The van der Waals surface area contributed by atoms with Gasteiger partial charge in [-0.25, -0.2) is 26.8 Å². The van der Waals surface area contributed by atoms with Crippen LogP contribution < -0.4 is 10.6 Å². The minimum absolute atomic E-state index is 0.113. The molecular weight excluding hydrogens is 544 g/mol. The Morgan fingerprint density at radius 3 is 2.10 bits per heavy atom. The van der Waals surface area contributed by atoms with Crippen molar-refractivity contribution >= 4 is 42.1 Å². The van der Waals surface area contributed by atoms with Gasteiger partial charge >= 0.3 is 0 Å². The van der Waals surface area contributed by atoms with Gasteiger partial charge in [-0.1, -0.05) is 48.5 Å². The lowest BCUT2D eigenvalue weighted by Crippen LogP contribution is -2.21. The minimum Gasteiger partial charge on any atom is -0.340 e. The van der Waals surface area contributed by atoms with E-state index in [-0.39, 0.29) is 15.5 Å². The second kappa shape index (κ2) is 11.5. The van der Waals surface area contributed by atoms with Gasteiger partial charge in [-0.05, 0) is 65.2 Å². The highest BCUT2D eigenvalue weighted by molar-refractivity contribution is 7.91. The molecule has 0 aliphatic heterocycles. The molecule has 0 saturated heterocycles. The Bertz CT molecular complexity index is 1840. The molecule has 5 aromatic rings. The molecule has 8 nitrogen and oxygen atoms in total. The molecular formula is C30H28N4O4S2. The fourth-order valence-corrected chi connectivity index (χ4v) is 6.03. The summed E-state index contributed by atoms with van der Waals surface area (Å²) >= 11 is 0. The summed E-state index contributed by atoms with van der Waals surface area (Å²) in [4.78, 5) is 9.32. The zero-order valence-corrected chi connectivity index (χ0v) is 23.4. The molecule has 0 radical (unpaired) electrons. The summed E-state index contributed by atoms with van der Waals surface area (Å²) in [5, 5.41) is 7.26. The van der Waals surface area contributed by atoms with Crippen LogP contribution in [0.5, 0.6) is 0 Å². The number of nitrogens with one attached hydrogen (secondary N) is 2. The fourth-order valence-electron chi connectivity index (χ4n) is 4.23. The smallest absolute Gasteiger partial charge is 0.206 e. The van der Waals surface area contributed by atoms with Crippen LogP contribution in [0.25, 0.3) is 22.0 Å². The van der Waals surface area contributed by atoms with Crippen LogP contribution in [0.4, 0.5) is 11.5 Å². The van der Waals surface area contributed by atoms with Crippen molar-refractivity contribution in [1.82, 2.24) is 15.3 Å². The minimum atomic E-state index is -3.59. The lowest BCUT2D eigenvalue weighted by Gasteiger charge is -2.11. The molecule has 0 spiro atoms. The summed E-state index contributed by atoms with van der Waals surface area (Å²) in [6, 6.07) is 29.0. The molecule has 0 unspecified atom stereocenters. The van der Waals surface area contributed by atoms with Gasteiger partial charge in [-0.2, -0.15) is 0 Å². The van der Waals surface area contributed by atoms with E-state index in [1.165, 1.54) is 12.6 Å². The van der Waals surface area contributed by atoms with Gasteiger partial charge in [-0.15, -0.1) is 0 Å². The summed E-state index contributed by atoms with van der Waals surface area (Å²) in [6.07, 6.45) is 2.73. The predicted molar refractivity (Wildman–Crippen MR) is 158 cm³/mol. The molecule has 1 aromatic heterocycles. The van der Waals surface area contributed by atoms with Gasteiger partial charge in [0.25, 0.3) is 0 Å². The van der Waals surface area contributed by atoms with E-state index in [9.17, 15) is 16.8 Å². The molecule has 0 amide bonds. The number of anilines is 2. The molecule has 204 valence electrons. The van der Waals surface area contributed by atoms with Crippen LogP contribution in [0.3, 0.4) is 0 Å². The number of benzene rings is 4. The zero-order chi connectivity index (χ0) is 28.2. The van der Waals surface area contributed by atoms with E-state index in [0.29, 0.717) is 24.6 Å². The molecule has 0 bridgehead atoms. The summed E-state index contributed by atoms with van der Waals surface area (Å²) in [7, 11) is -6.56. The number of nitrogens with zero attached hydrogens (tertiary/aromatic N) is 2. The summed E-state index contributed by atoms with van der Waals surface area (Å²) < 4.78 is 48.3. The second-order valence-corrected chi connectivity index (χ2v) is 13.6. The summed E-state index contributed by atoms with van der Waals surface area (Å²) in [5.41, 5.74) is 4.57. The monoisotopic (exact) mass is 572 g/mol. The van der Waals surface area contributed by atoms with E-state index < -0.39 is 19.7 Å². The topological polar surface area (TPSA) is 118 Å². The van der Waals surface area contributed by atoms with E-state index in [1.54, 1.807) is 54.6 Å². The highest BCUT2D eigenvalue weighted by Gasteiger charge is 2.17. The van der Waals surface area contributed by atoms with Crippen molar-refractivity contribution in [2.24, 2.45) is 0 Å². The first-order chi connectivity index (χ1) is 19.2. The number of sulfone groups is 2. The van der Waals surface area contributed by atoms with Crippen molar-refractivity contribution < 1.29 is 16.8 Å². The predicted octanol–water partition coefficient (Wildman–Crippen LogP) is 5.01. The Morgan fingerprint density at radius 1 is 0.725 bits per heavy atom. The number of fused-ring (bicyclic) bond motifs is 1. The summed E-state index contributed by atoms with van der Waals surface area (Å²) in [5.74, 6) is 0.730. The van der Waals surface area contributed by atoms with E-state index in [2.05, 4.69) is 20.6 Å². The largest absolute Gasteiger partial charge is 0.340 e. The van der Waals surface area contributed by atoms with Crippen LogP contribution in [-0.2, 0) is 26.2 Å². The first-order valence-electron chi connectivity index (χ1n) is 12.6. The van der Waals surface area contributed by atoms with E-state index in [4.69, 9.17) is 0 Å². The van der Waals surface area contributed by atoms with Crippen LogP contribution >= 0.6 is 0 Å². The number of aromatic nitrogens is 2. The van der Waals surface area contributed by atoms with Crippen LogP contribution in [0, 0.1) is 0 Å². The molecule has 1 heterocycles. The van der Waals surface area contributed by atoms with Crippen LogP contribution in [0.1, 0.15) is 5.56 Å². The maximum absolute atomic E-state index is 12.9. The molecule has 0 aliphatic carbocycles. The lowest BCUT2D eigenvalue weighted by atomic mass is 10.0. The third-order valence-corrected chi connectivity index (χ3v) is 9.11. The first kappa shape index (κ1) is 27.4. The Balaban J connectivity index is 1.29. The molecule has 2 N–H and O–H groups in total. The summed E-state index contributed by atoms with van der Waals surface area (Å²) in [6.45, 7) is 1.01. The van der Waals surface area contributed by atoms with E-state index >= 15 is 0 Å². The van der Waals surface area contributed by atoms with Crippen molar-refractivity contribution in [3.05, 3.63) is 109 Å². The lowest BCUT2D eigenvalue weighted by molar-refractivity contribution is 0.594. The zero-order valence-electron chi connectivity index (χ0n) is 21.8. The molecule has 0 aliphatic rings. The number of hydrogen-bond donors (Lipinski definition) is 2. The van der Waals surface area contributed by atoms with Crippen LogP contribution in [-0.4, -0.2) is 45.4 Å². The van der Waals surface area contributed by atoms with Gasteiger partial charge in [0, 0.05) is 30.4 Å². The van der Waals surface area contributed by atoms with Gasteiger partial charge in [0.1, 0.15) is 22.0 Å². The third-order valence-electron chi connectivity index (χ3n) is 6.38. The van der Waals surface area contributed by atoms with Crippen molar-refractivity contribution in [1.29, 1.82) is 0 Å². The van der Waals surface area contributed by atoms with E-state index in [0.717, 1.165) is 27.6 Å². The highest BCUT2D eigenvalue weighted by Crippen LogP contribution is 2.29. The van der Waals surface area contributed by atoms with Crippen molar-refractivity contribution in [3.63, 3.8) is 0 Å². The Kier molecular flexibility index (Phi) is 7.92. The van der Waals surface area contributed by atoms with Gasteiger partial charge in [0.05, 0.1) is 21.1 Å². The highest BCUT2D eigenvalue weighted by atomic mass is 32.2. The molecule has 10 heteroatoms. The standard InChI is InChI=1S/C30H28N4O4S2/c1-39(35,36)18-17-31-20-22-7-9-23(10-8-22)24-11-16-28-29(19-24)32-21-33-30(28)34-25-12-14-27(15-13-25)40(37,38)26-5-3-2-4-6-26/h2-16,19,21,31H,17-18,20H2,1H3,(H,32,33,34). The Morgan fingerprint density at radius 2 is 1.40 bits per heavy atom. The van der Waals surface area contributed by atoms with Crippen LogP contribution in [0.2, 0.25) is 0 Å². The average Bonchev–Trinajstić information content (AvgIpc) is 2.96. The Hall–Kier alpha value is -4.12. The van der Waals surface area contributed by atoms with Crippen molar-refractivity contribution in [2.45, 2.75) is 16.3 Å². The average molecular weight is 573 g/mol. The third kappa shape index (κ3) is 6.53. The van der Waals surface area contributed by atoms with Gasteiger partial charge in [-0.3, -0.25) is 0 Å². The van der Waals surface area contributed by atoms with Gasteiger partial charge < -0.3 is 10.6 Å². The molecule has 4 aromatic carbocycles. The van der Waals surface area contributed by atoms with Crippen molar-refractivity contribution in [2.75, 3.05) is 23.9 Å². The van der Waals surface area contributed by atoms with Crippen LogP contribution in [0.15, 0.2) is 113 Å². The second-order valence-electron chi connectivity index (χ2n) is 9.42. The molecule has 0 atom stereocenters.